The summed E-state index contributed by atoms with van der Waals surface area (Å²) in [6.07, 6.45) is 4.39. The van der Waals surface area contributed by atoms with Crippen molar-refractivity contribution in [2.75, 3.05) is 0 Å². The zero-order chi connectivity index (χ0) is 10.1. The Bertz CT molecular complexity index is 343. The van der Waals surface area contributed by atoms with Crippen LogP contribution in [0.1, 0.15) is 37.9 Å². The molecule has 0 radical (unpaired) electrons. The highest BCUT2D eigenvalue weighted by atomic mass is 16.1. The number of hydrogen-bond donors (Lipinski definition) is 0. The summed E-state index contributed by atoms with van der Waals surface area (Å²) >= 11 is 0. The molecule has 76 valence electrons. The molecule has 1 aliphatic carbocycles. The van der Waals surface area contributed by atoms with Crippen LogP contribution in [0.3, 0.4) is 0 Å². The Morgan fingerprint density at radius 3 is 3.00 bits per heavy atom. The fraction of sp³-hybridized carbons (Fsp3) is 0.636. The highest BCUT2D eigenvalue weighted by Gasteiger charge is 2.27. The Morgan fingerprint density at radius 2 is 2.36 bits per heavy atom. The Labute approximate surface area is 84.1 Å². The van der Waals surface area contributed by atoms with Crippen molar-refractivity contribution in [2.24, 2.45) is 5.92 Å². The maximum absolute atomic E-state index is 11.4. The molecule has 0 aromatic carbocycles. The zero-order valence-electron chi connectivity index (χ0n) is 8.73. The van der Waals surface area contributed by atoms with Gasteiger partial charge in [0.25, 0.3) is 0 Å². The Balaban J connectivity index is 2.19. The first kappa shape index (κ1) is 9.44. The average molecular weight is 192 g/mol. The second kappa shape index (κ2) is 3.56. The van der Waals surface area contributed by atoms with E-state index in [1.165, 1.54) is 0 Å². The number of nitrogens with zero attached hydrogens (tertiary/aromatic N) is 2. The van der Waals surface area contributed by atoms with E-state index in [-0.39, 0.29) is 6.04 Å². The molecule has 1 heterocycles. The fourth-order valence-corrected chi connectivity index (χ4v) is 2.09. The summed E-state index contributed by atoms with van der Waals surface area (Å²) in [6, 6.07) is 2.27. The van der Waals surface area contributed by atoms with Crippen LogP contribution in [-0.4, -0.2) is 15.6 Å². The van der Waals surface area contributed by atoms with Gasteiger partial charge in [0.05, 0.1) is 11.7 Å². The fourth-order valence-electron chi connectivity index (χ4n) is 2.09. The van der Waals surface area contributed by atoms with Crippen molar-refractivity contribution in [3.05, 3.63) is 18.0 Å². The molecule has 1 aromatic heterocycles. The lowest BCUT2D eigenvalue weighted by atomic mass is 9.85. The third-order valence-corrected chi connectivity index (χ3v) is 3.05. The molecule has 0 spiro atoms. The summed E-state index contributed by atoms with van der Waals surface area (Å²) in [5, 5.41) is 4.38. The van der Waals surface area contributed by atoms with Crippen LogP contribution in [0.2, 0.25) is 0 Å². The molecule has 3 nitrogen and oxygen atoms in total. The summed E-state index contributed by atoms with van der Waals surface area (Å²) in [5.41, 5.74) is 1.02. The highest BCUT2D eigenvalue weighted by molar-refractivity contribution is 5.79. The molecule has 1 fully saturated rings. The molecule has 3 heteroatoms. The summed E-state index contributed by atoms with van der Waals surface area (Å²) in [7, 11) is 0. The molecule has 1 aromatic rings. The number of rotatable bonds is 1. The molecule has 0 amide bonds. The SMILES string of the molecule is Cc1ccn(C2CC(=O)CCC2C)n1. The van der Waals surface area contributed by atoms with Crippen molar-refractivity contribution in [3.63, 3.8) is 0 Å². The van der Waals surface area contributed by atoms with Crippen LogP contribution in [0, 0.1) is 12.8 Å². The number of carbonyl (C=O) groups is 1. The Kier molecular flexibility index (Phi) is 2.40. The number of aromatic nitrogens is 2. The van der Waals surface area contributed by atoms with E-state index >= 15 is 0 Å². The van der Waals surface area contributed by atoms with Crippen molar-refractivity contribution in [2.45, 2.75) is 39.2 Å². The van der Waals surface area contributed by atoms with Gasteiger partial charge in [-0.1, -0.05) is 6.92 Å². The van der Waals surface area contributed by atoms with Crippen LogP contribution in [0.25, 0.3) is 0 Å². The number of carbonyl (C=O) groups excluding carboxylic acids is 1. The molecule has 2 unspecified atom stereocenters. The molecular formula is C11H16N2O. The third kappa shape index (κ3) is 1.72. The lowest BCUT2D eigenvalue weighted by Crippen LogP contribution is -2.26. The van der Waals surface area contributed by atoms with E-state index in [2.05, 4.69) is 12.0 Å². The molecule has 2 rings (SSSR count). The predicted molar refractivity (Wildman–Crippen MR) is 54.0 cm³/mol. The average Bonchev–Trinajstić information content (AvgIpc) is 2.56. The third-order valence-electron chi connectivity index (χ3n) is 3.05. The van der Waals surface area contributed by atoms with Crippen LogP contribution >= 0.6 is 0 Å². The van der Waals surface area contributed by atoms with Crippen LogP contribution in [-0.2, 0) is 4.79 Å². The van der Waals surface area contributed by atoms with Gasteiger partial charge in [-0.15, -0.1) is 0 Å². The molecule has 1 saturated carbocycles. The quantitative estimate of drug-likeness (QED) is 0.683. The molecule has 2 atom stereocenters. The standard InChI is InChI=1S/C11H16N2O/c1-8-3-4-10(14)7-11(8)13-6-5-9(2)12-13/h5-6,8,11H,3-4,7H2,1-2H3. The van der Waals surface area contributed by atoms with Crippen LogP contribution in [0.5, 0.6) is 0 Å². The largest absolute Gasteiger partial charge is 0.300 e. The smallest absolute Gasteiger partial charge is 0.135 e. The van der Waals surface area contributed by atoms with Gasteiger partial charge in [0.2, 0.25) is 0 Å². The van der Waals surface area contributed by atoms with Gasteiger partial charge < -0.3 is 0 Å². The molecule has 0 bridgehead atoms. The van der Waals surface area contributed by atoms with Crippen LogP contribution in [0.15, 0.2) is 12.3 Å². The normalized spacial score (nSPS) is 28.0. The van der Waals surface area contributed by atoms with Crippen molar-refractivity contribution in [1.29, 1.82) is 0 Å². The number of hydrogen-bond acceptors (Lipinski definition) is 2. The lowest BCUT2D eigenvalue weighted by molar-refractivity contribution is -0.122. The minimum Gasteiger partial charge on any atom is -0.300 e. The number of aryl methyl sites for hydroxylation is 1. The maximum atomic E-state index is 11.4. The van der Waals surface area contributed by atoms with Crippen molar-refractivity contribution < 1.29 is 4.79 Å². The predicted octanol–water partition coefficient (Wildman–Crippen LogP) is 2.12. The number of Topliss-reactive ketones (excluding diaryl/α,β-unsaturated/α-hetero) is 1. The zero-order valence-corrected chi connectivity index (χ0v) is 8.73. The Hall–Kier alpha value is -1.12. The van der Waals surface area contributed by atoms with Gasteiger partial charge in [-0.05, 0) is 25.3 Å². The summed E-state index contributed by atoms with van der Waals surface area (Å²) in [5.74, 6) is 0.938. The molecule has 1 aliphatic rings. The van der Waals surface area contributed by atoms with E-state index in [9.17, 15) is 4.79 Å². The minimum absolute atomic E-state index is 0.282. The first-order valence-corrected chi connectivity index (χ1v) is 5.20. The van der Waals surface area contributed by atoms with Crippen molar-refractivity contribution in [3.8, 4) is 0 Å². The minimum atomic E-state index is 0.282. The highest BCUT2D eigenvalue weighted by Crippen LogP contribution is 2.31. The molecule has 0 N–H and O–H groups in total. The van der Waals surface area contributed by atoms with Gasteiger partial charge in [0.1, 0.15) is 5.78 Å². The topological polar surface area (TPSA) is 34.9 Å². The second-order valence-corrected chi connectivity index (χ2v) is 4.26. The first-order valence-electron chi connectivity index (χ1n) is 5.20. The van der Waals surface area contributed by atoms with Gasteiger partial charge in [0, 0.05) is 19.0 Å². The van der Waals surface area contributed by atoms with Crippen LogP contribution < -0.4 is 0 Å². The van der Waals surface area contributed by atoms with Crippen LogP contribution in [0.4, 0.5) is 0 Å². The first-order chi connectivity index (χ1) is 6.66. The van der Waals surface area contributed by atoms with E-state index < -0.39 is 0 Å². The van der Waals surface area contributed by atoms with Crippen molar-refractivity contribution in [1.82, 2.24) is 9.78 Å². The molecule has 0 saturated heterocycles. The van der Waals surface area contributed by atoms with E-state index in [4.69, 9.17) is 0 Å². The number of ketones is 1. The van der Waals surface area contributed by atoms with E-state index in [1.807, 2.05) is 23.9 Å². The van der Waals surface area contributed by atoms with Gasteiger partial charge in [-0.2, -0.15) is 5.10 Å². The second-order valence-electron chi connectivity index (χ2n) is 4.26. The summed E-state index contributed by atoms with van der Waals surface area (Å²) in [6.45, 7) is 4.18. The lowest BCUT2D eigenvalue weighted by Gasteiger charge is -2.28. The van der Waals surface area contributed by atoms with E-state index in [1.54, 1.807) is 0 Å². The molecular weight excluding hydrogens is 176 g/mol. The molecule has 14 heavy (non-hydrogen) atoms. The molecule has 0 aliphatic heterocycles. The summed E-state index contributed by atoms with van der Waals surface area (Å²) in [4.78, 5) is 11.4. The van der Waals surface area contributed by atoms with E-state index in [0.717, 1.165) is 18.5 Å². The summed E-state index contributed by atoms with van der Waals surface area (Å²) < 4.78 is 1.96. The van der Waals surface area contributed by atoms with Gasteiger partial charge in [-0.3, -0.25) is 9.48 Å². The van der Waals surface area contributed by atoms with Gasteiger partial charge >= 0.3 is 0 Å². The Morgan fingerprint density at radius 1 is 1.57 bits per heavy atom. The maximum Gasteiger partial charge on any atom is 0.135 e. The van der Waals surface area contributed by atoms with Gasteiger partial charge in [0.15, 0.2) is 0 Å². The van der Waals surface area contributed by atoms with E-state index in [0.29, 0.717) is 18.1 Å². The van der Waals surface area contributed by atoms with Gasteiger partial charge in [-0.25, -0.2) is 0 Å². The monoisotopic (exact) mass is 192 g/mol. The van der Waals surface area contributed by atoms with Crippen molar-refractivity contribution >= 4 is 5.78 Å².